The number of hydrogen-bond acceptors (Lipinski definition) is 4. The first-order valence-electron chi connectivity index (χ1n) is 6.61. The second-order valence-electron chi connectivity index (χ2n) is 5.19. The Labute approximate surface area is 141 Å². The Morgan fingerprint density at radius 3 is 2.55 bits per heavy atom. The third kappa shape index (κ3) is 4.75. The average Bonchev–Trinajstić information content (AvgIpc) is 2.81. The zero-order valence-corrected chi connectivity index (χ0v) is 13.9. The minimum absolute atomic E-state index is 0. The van der Waals surface area contributed by atoms with Gasteiger partial charge in [-0.1, -0.05) is 6.07 Å². The van der Waals surface area contributed by atoms with Crippen LogP contribution in [0.3, 0.4) is 0 Å². The van der Waals surface area contributed by atoms with Gasteiger partial charge >= 0.3 is 0 Å². The van der Waals surface area contributed by atoms with Crippen LogP contribution in [0.2, 0.25) is 0 Å². The van der Waals surface area contributed by atoms with Gasteiger partial charge in [0.05, 0.1) is 19.3 Å². The van der Waals surface area contributed by atoms with Crippen molar-refractivity contribution >= 4 is 24.8 Å². The van der Waals surface area contributed by atoms with Crippen LogP contribution < -0.4 is 5.73 Å². The Morgan fingerprint density at radius 1 is 1.32 bits per heavy atom. The molecule has 3 N–H and O–H groups in total. The molecule has 1 aliphatic rings. The maximum absolute atomic E-state index is 13.3. The molecule has 1 fully saturated rings. The number of nitrogens with zero attached hydrogens (tertiary/aromatic N) is 1. The molecule has 2 rings (SSSR count). The number of aliphatic hydroxyl groups is 1. The summed E-state index contributed by atoms with van der Waals surface area (Å²) in [5.41, 5.74) is 6.79. The van der Waals surface area contributed by atoms with Gasteiger partial charge in [-0.3, -0.25) is 4.90 Å². The van der Waals surface area contributed by atoms with Crippen molar-refractivity contribution in [3.63, 3.8) is 0 Å². The molecule has 4 nitrogen and oxygen atoms in total. The van der Waals surface area contributed by atoms with Crippen LogP contribution in [0.1, 0.15) is 11.5 Å². The maximum Gasteiger partial charge on any atom is 0.159 e. The van der Waals surface area contributed by atoms with Crippen molar-refractivity contribution in [1.82, 2.24) is 4.90 Å². The molecule has 128 valence electrons. The van der Waals surface area contributed by atoms with Crippen molar-refractivity contribution in [2.75, 3.05) is 33.4 Å². The highest BCUT2D eigenvalue weighted by Gasteiger charge is 2.35. The lowest BCUT2D eigenvalue weighted by molar-refractivity contribution is 0.0644. The largest absolute Gasteiger partial charge is 0.395 e. The van der Waals surface area contributed by atoms with Gasteiger partial charge in [0, 0.05) is 32.2 Å². The summed E-state index contributed by atoms with van der Waals surface area (Å²) >= 11 is 0. The van der Waals surface area contributed by atoms with Crippen molar-refractivity contribution in [1.29, 1.82) is 0 Å². The molecule has 8 heteroatoms. The molecule has 0 aromatic heterocycles. The van der Waals surface area contributed by atoms with Gasteiger partial charge in [0.2, 0.25) is 0 Å². The molecule has 0 amide bonds. The van der Waals surface area contributed by atoms with Crippen molar-refractivity contribution in [2.24, 2.45) is 5.73 Å². The molecule has 1 aliphatic heterocycles. The van der Waals surface area contributed by atoms with Gasteiger partial charge in [-0.25, -0.2) is 8.78 Å². The van der Waals surface area contributed by atoms with E-state index in [1.807, 2.05) is 4.90 Å². The molecule has 3 atom stereocenters. The molecule has 1 saturated heterocycles. The summed E-state index contributed by atoms with van der Waals surface area (Å²) in [6.07, 6.45) is 0. The van der Waals surface area contributed by atoms with Gasteiger partial charge in [-0.15, -0.1) is 24.8 Å². The van der Waals surface area contributed by atoms with E-state index in [9.17, 15) is 13.9 Å². The molecule has 1 unspecified atom stereocenters. The van der Waals surface area contributed by atoms with Crippen LogP contribution in [-0.4, -0.2) is 55.5 Å². The fourth-order valence-corrected chi connectivity index (χ4v) is 2.72. The van der Waals surface area contributed by atoms with E-state index in [-0.39, 0.29) is 49.4 Å². The lowest BCUT2D eigenvalue weighted by Crippen LogP contribution is -2.40. The predicted octanol–water partition coefficient (Wildman–Crippen LogP) is 1.54. The first-order chi connectivity index (χ1) is 9.56. The van der Waals surface area contributed by atoms with Gasteiger partial charge < -0.3 is 15.6 Å². The lowest BCUT2D eigenvalue weighted by Gasteiger charge is -2.25. The second kappa shape index (κ2) is 9.60. The van der Waals surface area contributed by atoms with Crippen molar-refractivity contribution in [2.45, 2.75) is 18.0 Å². The molecule has 0 bridgehead atoms. The van der Waals surface area contributed by atoms with E-state index in [1.54, 1.807) is 13.2 Å². The first-order valence-corrected chi connectivity index (χ1v) is 6.61. The van der Waals surface area contributed by atoms with Crippen LogP contribution in [0.25, 0.3) is 0 Å². The first kappa shape index (κ1) is 21.5. The van der Waals surface area contributed by atoms with Crippen molar-refractivity contribution < 1.29 is 18.6 Å². The van der Waals surface area contributed by atoms with E-state index in [4.69, 9.17) is 10.5 Å². The minimum Gasteiger partial charge on any atom is -0.395 e. The standard InChI is InChI=1S/C14H20F2N2O2.2ClH/c1-20-8-10(7-19)18-5-11(14(17)6-18)9-2-3-12(15)13(16)4-9;;/h2-4,10-11,14,19H,5-8,17H2,1H3;2*1H/t10?,11-,14+;;/m0../s1. The number of halogens is 4. The number of ether oxygens (including phenoxy) is 1. The Hall–Kier alpha value is -0.500. The smallest absolute Gasteiger partial charge is 0.159 e. The zero-order valence-electron chi connectivity index (χ0n) is 12.2. The van der Waals surface area contributed by atoms with Crippen LogP contribution in [0.5, 0.6) is 0 Å². The fourth-order valence-electron chi connectivity index (χ4n) is 2.72. The van der Waals surface area contributed by atoms with Crippen molar-refractivity contribution in [3.8, 4) is 0 Å². The van der Waals surface area contributed by atoms with Gasteiger partial charge in [0.15, 0.2) is 11.6 Å². The second-order valence-corrected chi connectivity index (χ2v) is 5.19. The van der Waals surface area contributed by atoms with E-state index in [0.717, 1.165) is 6.07 Å². The summed E-state index contributed by atoms with van der Waals surface area (Å²) in [6.45, 7) is 1.58. The normalized spacial score (nSPS) is 22.8. The number of hydrogen-bond donors (Lipinski definition) is 2. The SMILES string of the molecule is COCC(CO)N1C[C@@H](N)[C@H](c2ccc(F)c(F)c2)C1.Cl.Cl. The molecule has 1 aromatic rings. The number of methoxy groups -OCH3 is 1. The van der Waals surface area contributed by atoms with Crippen LogP contribution in [0.15, 0.2) is 18.2 Å². The minimum atomic E-state index is -0.858. The number of aliphatic hydroxyl groups excluding tert-OH is 1. The van der Waals surface area contributed by atoms with Crippen molar-refractivity contribution in [3.05, 3.63) is 35.4 Å². The molecule has 1 aromatic carbocycles. The average molecular weight is 359 g/mol. The van der Waals surface area contributed by atoms with Crippen LogP contribution >= 0.6 is 24.8 Å². The molecule has 0 radical (unpaired) electrons. The summed E-state index contributed by atoms with van der Waals surface area (Å²) in [6, 6.07) is 3.59. The fraction of sp³-hybridized carbons (Fsp3) is 0.571. The summed E-state index contributed by atoms with van der Waals surface area (Å²) in [4.78, 5) is 2.03. The maximum atomic E-state index is 13.3. The van der Waals surface area contributed by atoms with E-state index < -0.39 is 11.6 Å². The topological polar surface area (TPSA) is 58.7 Å². The lowest BCUT2D eigenvalue weighted by atomic mass is 9.95. The van der Waals surface area contributed by atoms with E-state index >= 15 is 0 Å². The van der Waals surface area contributed by atoms with Crippen LogP contribution in [0, 0.1) is 11.6 Å². The van der Waals surface area contributed by atoms with Gasteiger partial charge in [0.25, 0.3) is 0 Å². The molecule has 0 spiro atoms. The molecule has 22 heavy (non-hydrogen) atoms. The number of benzene rings is 1. The van der Waals surface area contributed by atoms with E-state index in [0.29, 0.717) is 25.3 Å². The monoisotopic (exact) mass is 358 g/mol. The highest BCUT2D eigenvalue weighted by Crippen LogP contribution is 2.28. The predicted molar refractivity (Wildman–Crippen MR) is 85.9 cm³/mol. The van der Waals surface area contributed by atoms with E-state index in [2.05, 4.69) is 0 Å². The Morgan fingerprint density at radius 2 is 2.00 bits per heavy atom. The van der Waals surface area contributed by atoms with Gasteiger partial charge in [-0.2, -0.15) is 0 Å². The molecule has 0 aliphatic carbocycles. The highest BCUT2D eigenvalue weighted by molar-refractivity contribution is 5.85. The third-order valence-corrected chi connectivity index (χ3v) is 3.85. The number of rotatable bonds is 5. The summed E-state index contributed by atoms with van der Waals surface area (Å²) < 4.78 is 31.4. The van der Waals surface area contributed by atoms with Gasteiger partial charge in [-0.05, 0) is 17.7 Å². The van der Waals surface area contributed by atoms with Crippen LogP contribution in [-0.2, 0) is 4.74 Å². The summed E-state index contributed by atoms with van der Waals surface area (Å²) in [5.74, 6) is -1.79. The summed E-state index contributed by atoms with van der Waals surface area (Å²) in [7, 11) is 1.57. The Kier molecular flexibility index (Phi) is 9.38. The molecular formula is C14H22Cl2F2N2O2. The zero-order chi connectivity index (χ0) is 14.7. The van der Waals surface area contributed by atoms with E-state index in [1.165, 1.54) is 6.07 Å². The van der Waals surface area contributed by atoms with Gasteiger partial charge in [0.1, 0.15) is 0 Å². The number of nitrogens with two attached hydrogens (primary N) is 1. The summed E-state index contributed by atoms with van der Waals surface area (Å²) in [5, 5.41) is 9.37. The Bertz CT molecular complexity index is 468. The quantitative estimate of drug-likeness (QED) is 0.838. The Balaban J connectivity index is 0.00000220. The molecular weight excluding hydrogens is 337 g/mol. The number of likely N-dealkylation sites (tertiary alicyclic amines) is 1. The molecule has 0 saturated carbocycles. The molecule has 1 heterocycles. The van der Waals surface area contributed by atoms with Crippen LogP contribution in [0.4, 0.5) is 8.78 Å². The highest BCUT2D eigenvalue weighted by atomic mass is 35.5. The third-order valence-electron chi connectivity index (χ3n) is 3.85.